The summed E-state index contributed by atoms with van der Waals surface area (Å²) < 4.78 is 1.94. The van der Waals surface area contributed by atoms with Crippen LogP contribution in [0.4, 0.5) is 5.82 Å². The van der Waals surface area contributed by atoms with Crippen molar-refractivity contribution in [2.45, 2.75) is 37.1 Å². The summed E-state index contributed by atoms with van der Waals surface area (Å²) in [5.74, 6) is 0.650. The van der Waals surface area contributed by atoms with Crippen LogP contribution in [0.3, 0.4) is 0 Å². The Morgan fingerprint density at radius 2 is 2.26 bits per heavy atom. The van der Waals surface area contributed by atoms with Crippen molar-refractivity contribution in [3.8, 4) is 0 Å². The molecule has 2 saturated carbocycles. The van der Waals surface area contributed by atoms with E-state index in [1.165, 1.54) is 11.8 Å². The number of fused-ring (bicyclic) bond motifs is 2. The monoisotopic (exact) mass is 335 g/mol. The average Bonchev–Trinajstić information content (AvgIpc) is 3.00. The van der Waals surface area contributed by atoms with Crippen LogP contribution in [0.2, 0.25) is 0 Å². The second-order valence-corrected chi connectivity index (χ2v) is 7.50. The SMILES string of the molecule is CSc1nc(N)c2ncn([C@H]3[C@H](O)[C@H](C)[C@]4(CO)CC[C@H]34)c2n1. The average molecular weight is 335 g/mol. The molecule has 7 nitrogen and oxygen atoms in total. The highest BCUT2D eigenvalue weighted by molar-refractivity contribution is 7.98. The zero-order valence-electron chi connectivity index (χ0n) is 13.2. The van der Waals surface area contributed by atoms with E-state index in [0.717, 1.165) is 12.8 Å². The molecule has 23 heavy (non-hydrogen) atoms. The number of nitrogens with zero attached hydrogens (tertiary/aromatic N) is 4. The minimum atomic E-state index is -0.527. The topological polar surface area (TPSA) is 110 Å². The molecule has 0 aromatic carbocycles. The summed E-state index contributed by atoms with van der Waals surface area (Å²) in [7, 11) is 0. The van der Waals surface area contributed by atoms with Crippen LogP contribution in [-0.2, 0) is 0 Å². The fourth-order valence-electron chi connectivity index (χ4n) is 4.56. The van der Waals surface area contributed by atoms with Crippen LogP contribution in [0.15, 0.2) is 11.5 Å². The van der Waals surface area contributed by atoms with Gasteiger partial charge in [0.1, 0.15) is 5.52 Å². The molecule has 4 N–H and O–H groups in total. The number of aliphatic hydroxyl groups is 2. The van der Waals surface area contributed by atoms with Gasteiger partial charge in [-0.05, 0) is 30.9 Å². The van der Waals surface area contributed by atoms with E-state index in [4.69, 9.17) is 5.73 Å². The Hall–Kier alpha value is -1.38. The number of rotatable bonds is 3. The van der Waals surface area contributed by atoms with Crippen molar-refractivity contribution in [1.29, 1.82) is 0 Å². The van der Waals surface area contributed by atoms with E-state index < -0.39 is 6.10 Å². The van der Waals surface area contributed by atoms with Gasteiger partial charge in [0.15, 0.2) is 16.6 Å². The van der Waals surface area contributed by atoms with Crippen molar-refractivity contribution in [2.75, 3.05) is 18.6 Å². The highest BCUT2D eigenvalue weighted by Crippen LogP contribution is 2.64. The molecule has 0 aliphatic heterocycles. The number of thioether (sulfide) groups is 1. The van der Waals surface area contributed by atoms with Crippen LogP contribution in [0.25, 0.3) is 11.2 Å². The van der Waals surface area contributed by atoms with Crippen LogP contribution in [0.5, 0.6) is 0 Å². The molecular formula is C15H21N5O2S. The normalized spacial score (nSPS) is 36.2. The molecule has 0 amide bonds. The zero-order valence-corrected chi connectivity index (χ0v) is 14.0. The third-order valence-electron chi connectivity index (χ3n) is 6.07. The van der Waals surface area contributed by atoms with Gasteiger partial charge in [-0.3, -0.25) is 0 Å². The van der Waals surface area contributed by atoms with E-state index in [0.29, 0.717) is 22.1 Å². The molecule has 0 spiro atoms. The molecule has 0 unspecified atom stereocenters. The van der Waals surface area contributed by atoms with Gasteiger partial charge in [-0.15, -0.1) is 0 Å². The van der Waals surface area contributed by atoms with E-state index in [1.54, 1.807) is 6.33 Å². The zero-order chi connectivity index (χ0) is 16.4. The molecule has 4 rings (SSSR count). The molecular weight excluding hydrogens is 314 g/mol. The summed E-state index contributed by atoms with van der Waals surface area (Å²) in [6.45, 7) is 2.15. The Morgan fingerprint density at radius 3 is 2.83 bits per heavy atom. The van der Waals surface area contributed by atoms with Crippen molar-refractivity contribution in [1.82, 2.24) is 19.5 Å². The van der Waals surface area contributed by atoms with Gasteiger partial charge in [-0.1, -0.05) is 18.7 Å². The van der Waals surface area contributed by atoms with Crippen LogP contribution in [0.1, 0.15) is 25.8 Å². The van der Waals surface area contributed by atoms with E-state index in [-0.39, 0.29) is 29.9 Å². The summed E-state index contributed by atoms with van der Waals surface area (Å²) in [5.41, 5.74) is 7.05. The van der Waals surface area contributed by atoms with Gasteiger partial charge in [0.05, 0.1) is 18.5 Å². The molecule has 2 aliphatic carbocycles. The first-order valence-electron chi connectivity index (χ1n) is 7.86. The van der Waals surface area contributed by atoms with E-state index in [1.807, 2.05) is 17.7 Å². The third-order valence-corrected chi connectivity index (χ3v) is 6.61. The first-order valence-corrected chi connectivity index (χ1v) is 9.09. The highest BCUT2D eigenvalue weighted by atomic mass is 32.2. The van der Waals surface area contributed by atoms with Gasteiger partial charge in [0.2, 0.25) is 0 Å². The van der Waals surface area contributed by atoms with Gasteiger partial charge in [0.25, 0.3) is 0 Å². The highest BCUT2D eigenvalue weighted by Gasteiger charge is 2.63. The Balaban J connectivity index is 1.85. The quantitative estimate of drug-likeness (QED) is 0.568. The van der Waals surface area contributed by atoms with Gasteiger partial charge in [-0.25, -0.2) is 15.0 Å². The lowest BCUT2D eigenvalue weighted by Gasteiger charge is -2.47. The van der Waals surface area contributed by atoms with Gasteiger partial charge < -0.3 is 20.5 Å². The van der Waals surface area contributed by atoms with Gasteiger partial charge >= 0.3 is 0 Å². The van der Waals surface area contributed by atoms with Crippen molar-refractivity contribution < 1.29 is 10.2 Å². The number of hydrogen-bond acceptors (Lipinski definition) is 7. The summed E-state index contributed by atoms with van der Waals surface area (Å²) >= 11 is 1.43. The molecule has 2 heterocycles. The number of aliphatic hydroxyl groups excluding tert-OH is 2. The molecule has 2 aliphatic rings. The fourth-order valence-corrected chi connectivity index (χ4v) is 4.93. The fraction of sp³-hybridized carbons (Fsp3) is 0.667. The van der Waals surface area contributed by atoms with E-state index in [9.17, 15) is 10.2 Å². The number of anilines is 1. The Labute approximate surface area is 138 Å². The Morgan fingerprint density at radius 1 is 1.48 bits per heavy atom. The van der Waals surface area contributed by atoms with Crippen molar-refractivity contribution in [2.24, 2.45) is 17.3 Å². The first kappa shape index (κ1) is 15.2. The second-order valence-electron chi connectivity index (χ2n) is 6.73. The summed E-state index contributed by atoms with van der Waals surface area (Å²) in [6, 6.07) is -0.125. The lowest BCUT2D eigenvalue weighted by atomic mass is 9.58. The predicted molar refractivity (Wildman–Crippen MR) is 88.0 cm³/mol. The maximum Gasteiger partial charge on any atom is 0.191 e. The second kappa shape index (κ2) is 5.06. The maximum atomic E-state index is 10.8. The van der Waals surface area contributed by atoms with Crippen LogP contribution in [-0.4, -0.2) is 48.7 Å². The number of nitrogen functional groups attached to an aromatic ring is 1. The summed E-state index contributed by atoms with van der Waals surface area (Å²) in [5, 5.41) is 21.3. The summed E-state index contributed by atoms with van der Waals surface area (Å²) in [6.07, 6.45) is 5.04. The molecule has 5 atom stereocenters. The lowest BCUT2D eigenvalue weighted by Crippen LogP contribution is -2.45. The molecule has 8 heteroatoms. The van der Waals surface area contributed by atoms with Crippen LogP contribution in [0, 0.1) is 17.3 Å². The minimum absolute atomic E-state index is 0.0490. The molecule has 0 saturated heterocycles. The molecule has 0 bridgehead atoms. The van der Waals surface area contributed by atoms with Gasteiger partial charge in [0, 0.05) is 12.0 Å². The Kier molecular flexibility index (Phi) is 3.33. The first-order chi connectivity index (χ1) is 11.0. The molecule has 2 fully saturated rings. The maximum absolute atomic E-state index is 10.8. The number of nitrogens with two attached hydrogens (primary N) is 1. The Bertz CT molecular complexity index is 762. The molecule has 0 radical (unpaired) electrons. The largest absolute Gasteiger partial charge is 0.396 e. The third kappa shape index (κ3) is 1.82. The molecule has 124 valence electrons. The van der Waals surface area contributed by atoms with Crippen LogP contribution >= 0.6 is 11.8 Å². The standard InChI is InChI=1S/C15H21N5O2S/c1-7-11(22)10(8-3-4-15(7,8)5-21)20-6-17-9-12(16)18-14(23-2)19-13(9)20/h6-8,10-11,21-22H,3-5H2,1-2H3,(H2,16,18,19)/t7-,8+,10+,11+,15+/m0/s1. The summed E-state index contributed by atoms with van der Waals surface area (Å²) in [4.78, 5) is 13.1. The van der Waals surface area contributed by atoms with Gasteiger partial charge in [-0.2, -0.15) is 0 Å². The van der Waals surface area contributed by atoms with Crippen molar-refractivity contribution in [3.05, 3.63) is 6.33 Å². The predicted octanol–water partition coefficient (Wildman–Crippen LogP) is 1.07. The molecule has 2 aromatic rings. The smallest absolute Gasteiger partial charge is 0.191 e. The number of aromatic nitrogens is 4. The van der Waals surface area contributed by atoms with Crippen molar-refractivity contribution in [3.63, 3.8) is 0 Å². The van der Waals surface area contributed by atoms with E-state index in [2.05, 4.69) is 15.0 Å². The number of hydrogen-bond donors (Lipinski definition) is 3. The van der Waals surface area contributed by atoms with E-state index >= 15 is 0 Å². The number of imidazole rings is 1. The minimum Gasteiger partial charge on any atom is -0.396 e. The lowest BCUT2D eigenvalue weighted by molar-refractivity contribution is -0.0455. The van der Waals surface area contributed by atoms with Crippen molar-refractivity contribution >= 4 is 28.7 Å². The van der Waals surface area contributed by atoms with Crippen LogP contribution < -0.4 is 5.73 Å². The molecule has 2 aromatic heterocycles.